The van der Waals surface area contributed by atoms with Crippen LogP contribution in [0.1, 0.15) is 59.3 Å². The average molecular weight is 201 g/mol. The van der Waals surface area contributed by atoms with Crippen LogP contribution in [0.4, 0.5) is 0 Å². The maximum atomic E-state index is 8.99. The third-order valence-corrected chi connectivity index (χ3v) is 2.85. The molecule has 0 aromatic heterocycles. The zero-order valence-electron chi connectivity index (χ0n) is 10.1. The molecule has 2 nitrogen and oxygen atoms in total. The summed E-state index contributed by atoms with van der Waals surface area (Å²) in [5.74, 6) is 0. The van der Waals surface area contributed by atoms with E-state index in [-0.39, 0.29) is 12.1 Å². The van der Waals surface area contributed by atoms with Crippen LogP contribution in [0.3, 0.4) is 0 Å². The first-order valence-electron chi connectivity index (χ1n) is 6.04. The molecule has 2 N–H and O–H groups in total. The van der Waals surface area contributed by atoms with Crippen LogP contribution in [-0.4, -0.2) is 23.8 Å². The lowest BCUT2D eigenvalue weighted by atomic mass is 9.91. The van der Waals surface area contributed by atoms with Crippen molar-refractivity contribution in [2.45, 2.75) is 64.8 Å². The van der Waals surface area contributed by atoms with Crippen molar-refractivity contribution in [1.82, 2.24) is 5.32 Å². The Kier molecular flexibility index (Phi) is 8.20. The first kappa shape index (κ1) is 13.9. The second-order valence-electron chi connectivity index (χ2n) is 4.38. The highest BCUT2D eigenvalue weighted by Crippen LogP contribution is 2.18. The minimum Gasteiger partial charge on any atom is -0.396 e. The summed E-state index contributed by atoms with van der Waals surface area (Å²) >= 11 is 0. The molecule has 2 heteroatoms. The fourth-order valence-corrected chi connectivity index (χ4v) is 1.92. The molecule has 1 atom stereocenters. The van der Waals surface area contributed by atoms with E-state index in [1.54, 1.807) is 0 Å². The Morgan fingerprint density at radius 3 is 2.29 bits per heavy atom. The minimum atomic E-state index is 0.150. The Morgan fingerprint density at radius 2 is 1.79 bits per heavy atom. The highest BCUT2D eigenvalue weighted by atomic mass is 16.3. The second-order valence-corrected chi connectivity index (χ2v) is 4.38. The number of aliphatic hydroxyl groups excluding tert-OH is 1. The Hall–Kier alpha value is -0.0800. The predicted molar refractivity (Wildman–Crippen MR) is 62.5 cm³/mol. The lowest BCUT2D eigenvalue weighted by Crippen LogP contribution is -2.42. The fraction of sp³-hybridized carbons (Fsp3) is 1.00. The van der Waals surface area contributed by atoms with E-state index in [0.29, 0.717) is 0 Å². The van der Waals surface area contributed by atoms with Crippen LogP contribution in [0.5, 0.6) is 0 Å². The van der Waals surface area contributed by atoms with E-state index in [4.69, 9.17) is 5.11 Å². The number of hydrogen-bond acceptors (Lipinski definition) is 2. The van der Waals surface area contributed by atoms with Crippen LogP contribution in [0.2, 0.25) is 0 Å². The molecule has 0 aliphatic carbocycles. The summed E-state index contributed by atoms with van der Waals surface area (Å²) in [5, 5.41) is 12.5. The zero-order valence-corrected chi connectivity index (χ0v) is 10.1. The molecular formula is C12H27NO. The molecule has 0 fully saturated rings. The van der Waals surface area contributed by atoms with E-state index >= 15 is 0 Å². The van der Waals surface area contributed by atoms with Gasteiger partial charge < -0.3 is 10.4 Å². The zero-order chi connectivity index (χ0) is 10.9. The Labute approximate surface area is 89.1 Å². The molecule has 1 unspecified atom stereocenters. The van der Waals surface area contributed by atoms with Gasteiger partial charge in [0.1, 0.15) is 0 Å². The van der Waals surface area contributed by atoms with Crippen LogP contribution in [0, 0.1) is 0 Å². The molecule has 0 aliphatic rings. The third-order valence-electron chi connectivity index (χ3n) is 2.85. The Balaban J connectivity index is 3.71. The second kappa shape index (κ2) is 8.25. The van der Waals surface area contributed by atoms with Crippen LogP contribution >= 0.6 is 0 Å². The predicted octanol–water partition coefficient (Wildman–Crippen LogP) is 2.71. The van der Waals surface area contributed by atoms with E-state index in [1.165, 1.54) is 32.1 Å². The number of rotatable bonds is 9. The van der Waals surface area contributed by atoms with Gasteiger partial charge in [0.15, 0.2) is 0 Å². The van der Waals surface area contributed by atoms with Gasteiger partial charge in [-0.25, -0.2) is 0 Å². The molecule has 0 amide bonds. The van der Waals surface area contributed by atoms with E-state index in [9.17, 15) is 0 Å². The summed E-state index contributed by atoms with van der Waals surface area (Å²) in [4.78, 5) is 0. The van der Waals surface area contributed by atoms with Crippen LogP contribution in [0.15, 0.2) is 0 Å². The molecule has 0 aromatic carbocycles. The number of aliphatic hydroxyl groups is 1. The SMILES string of the molecule is CCCCCCC(C)(CCO)NCC. The lowest BCUT2D eigenvalue weighted by molar-refractivity contribution is 0.210. The van der Waals surface area contributed by atoms with Crippen molar-refractivity contribution in [3.8, 4) is 0 Å². The molecule has 86 valence electrons. The van der Waals surface area contributed by atoms with Gasteiger partial charge in [-0.15, -0.1) is 0 Å². The summed E-state index contributed by atoms with van der Waals surface area (Å²) in [7, 11) is 0. The quantitative estimate of drug-likeness (QED) is 0.562. The van der Waals surface area contributed by atoms with Gasteiger partial charge in [0.05, 0.1) is 0 Å². The smallest absolute Gasteiger partial charge is 0.0448 e. The average Bonchev–Trinajstić information content (AvgIpc) is 2.13. The number of unbranched alkanes of at least 4 members (excludes halogenated alkanes) is 3. The van der Waals surface area contributed by atoms with Crippen LogP contribution in [-0.2, 0) is 0 Å². The van der Waals surface area contributed by atoms with E-state index in [0.717, 1.165) is 13.0 Å². The molecule has 0 aliphatic heterocycles. The maximum absolute atomic E-state index is 8.99. The third kappa shape index (κ3) is 6.39. The van der Waals surface area contributed by atoms with Crippen molar-refractivity contribution >= 4 is 0 Å². The van der Waals surface area contributed by atoms with E-state index < -0.39 is 0 Å². The summed E-state index contributed by atoms with van der Waals surface area (Å²) in [5.41, 5.74) is 0.150. The normalized spacial score (nSPS) is 15.4. The van der Waals surface area contributed by atoms with Gasteiger partial charge in [-0.2, -0.15) is 0 Å². The van der Waals surface area contributed by atoms with Crippen molar-refractivity contribution in [2.24, 2.45) is 0 Å². The first-order valence-corrected chi connectivity index (χ1v) is 6.04. The number of hydrogen-bond donors (Lipinski definition) is 2. The van der Waals surface area contributed by atoms with Gasteiger partial charge in [0.2, 0.25) is 0 Å². The maximum Gasteiger partial charge on any atom is 0.0448 e. The fourth-order valence-electron chi connectivity index (χ4n) is 1.92. The van der Waals surface area contributed by atoms with Gasteiger partial charge in [-0.05, 0) is 26.3 Å². The van der Waals surface area contributed by atoms with Crippen molar-refractivity contribution in [2.75, 3.05) is 13.2 Å². The Bertz CT molecular complexity index is 119. The summed E-state index contributed by atoms with van der Waals surface area (Å²) in [6.45, 7) is 7.86. The molecule has 0 bridgehead atoms. The van der Waals surface area contributed by atoms with Crippen molar-refractivity contribution in [3.63, 3.8) is 0 Å². The molecule has 0 rings (SSSR count). The highest BCUT2D eigenvalue weighted by molar-refractivity contribution is 4.81. The van der Waals surface area contributed by atoms with Gasteiger partial charge >= 0.3 is 0 Å². The van der Waals surface area contributed by atoms with E-state index in [1.807, 2.05) is 0 Å². The number of nitrogens with one attached hydrogen (secondary N) is 1. The molecule has 0 spiro atoms. The van der Waals surface area contributed by atoms with Gasteiger partial charge in [-0.3, -0.25) is 0 Å². The molecule has 0 heterocycles. The monoisotopic (exact) mass is 201 g/mol. The van der Waals surface area contributed by atoms with Crippen molar-refractivity contribution in [1.29, 1.82) is 0 Å². The van der Waals surface area contributed by atoms with Crippen LogP contribution in [0.25, 0.3) is 0 Å². The lowest BCUT2D eigenvalue weighted by Gasteiger charge is -2.30. The summed E-state index contributed by atoms with van der Waals surface area (Å²) < 4.78 is 0. The molecule has 0 saturated heterocycles. The first-order chi connectivity index (χ1) is 6.68. The topological polar surface area (TPSA) is 32.3 Å². The molecule has 0 radical (unpaired) electrons. The van der Waals surface area contributed by atoms with Crippen molar-refractivity contribution in [3.05, 3.63) is 0 Å². The van der Waals surface area contributed by atoms with Crippen molar-refractivity contribution < 1.29 is 5.11 Å². The Morgan fingerprint density at radius 1 is 1.07 bits per heavy atom. The molecule has 0 aromatic rings. The van der Waals surface area contributed by atoms with Gasteiger partial charge in [0.25, 0.3) is 0 Å². The van der Waals surface area contributed by atoms with E-state index in [2.05, 4.69) is 26.1 Å². The standard InChI is InChI=1S/C12H27NO/c1-4-6-7-8-9-12(3,10-11-14)13-5-2/h13-14H,4-11H2,1-3H3. The summed E-state index contributed by atoms with van der Waals surface area (Å²) in [6.07, 6.45) is 7.27. The molecular weight excluding hydrogens is 174 g/mol. The highest BCUT2D eigenvalue weighted by Gasteiger charge is 2.21. The minimum absolute atomic E-state index is 0.150. The van der Waals surface area contributed by atoms with Crippen LogP contribution < -0.4 is 5.32 Å². The van der Waals surface area contributed by atoms with Gasteiger partial charge in [0, 0.05) is 12.1 Å². The molecule has 14 heavy (non-hydrogen) atoms. The molecule has 0 saturated carbocycles. The van der Waals surface area contributed by atoms with Gasteiger partial charge in [-0.1, -0.05) is 39.5 Å². The summed E-state index contributed by atoms with van der Waals surface area (Å²) in [6, 6.07) is 0. The largest absolute Gasteiger partial charge is 0.396 e.